The fourth-order valence-corrected chi connectivity index (χ4v) is 4.20. The number of Topliss-reactive ketones (excluding diaryl/α,β-unsaturated/α-hetero) is 1. The molecule has 4 heteroatoms. The number of nitrogens with zero attached hydrogens (tertiary/aromatic N) is 3. The van der Waals surface area contributed by atoms with Crippen molar-refractivity contribution in [2.24, 2.45) is 0 Å². The molecule has 1 saturated heterocycles. The van der Waals surface area contributed by atoms with Crippen molar-refractivity contribution < 1.29 is 4.79 Å². The summed E-state index contributed by atoms with van der Waals surface area (Å²) in [4.78, 5) is 18.6. The Balaban J connectivity index is 1.71. The Morgan fingerprint density at radius 1 is 1.03 bits per heavy atom. The van der Waals surface area contributed by atoms with Crippen LogP contribution in [0, 0.1) is 0 Å². The Hall–Kier alpha value is -1.39. The molecule has 1 aliphatic heterocycles. The van der Waals surface area contributed by atoms with Gasteiger partial charge in [0.15, 0.2) is 0 Å². The average molecular weight is 402 g/mol. The second-order valence-corrected chi connectivity index (χ2v) is 8.93. The van der Waals surface area contributed by atoms with Crippen molar-refractivity contribution in [2.45, 2.75) is 78.3 Å². The molecule has 1 aromatic rings. The molecule has 4 nitrogen and oxygen atoms in total. The summed E-state index contributed by atoms with van der Waals surface area (Å²) in [6.07, 6.45) is 8.87. The van der Waals surface area contributed by atoms with Crippen LogP contribution in [0.3, 0.4) is 0 Å². The molecule has 1 atom stereocenters. The lowest BCUT2D eigenvalue weighted by Gasteiger charge is -2.39. The number of piperazine rings is 1. The van der Waals surface area contributed by atoms with E-state index < -0.39 is 0 Å². The van der Waals surface area contributed by atoms with Gasteiger partial charge in [0.2, 0.25) is 0 Å². The molecule has 0 amide bonds. The third-order valence-corrected chi connectivity index (χ3v) is 6.26. The first-order valence-electron chi connectivity index (χ1n) is 11.8. The fourth-order valence-electron chi connectivity index (χ4n) is 4.20. The summed E-state index contributed by atoms with van der Waals surface area (Å²) in [6.45, 7) is 12.7. The van der Waals surface area contributed by atoms with Crippen molar-refractivity contribution in [2.75, 3.05) is 44.7 Å². The van der Waals surface area contributed by atoms with Crippen molar-refractivity contribution in [3.63, 3.8) is 0 Å². The predicted octanol–water partition coefficient (Wildman–Crippen LogP) is 4.97. The molecule has 29 heavy (non-hydrogen) atoms. The van der Waals surface area contributed by atoms with Crippen LogP contribution in [-0.2, 0) is 11.3 Å². The molecule has 1 aliphatic rings. The van der Waals surface area contributed by atoms with Gasteiger partial charge in [-0.2, -0.15) is 0 Å². The molecule has 2 rings (SSSR count). The third kappa shape index (κ3) is 8.88. The van der Waals surface area contributed by atoms with E-state index in [1.54, 1.807) is 6.92 Å². The number of carbonyl (C=O) groups excluding carboxylic acids is 1. The monoisotopic (exact) mass is 401 g/mol. The summed E-state index contributed by atoms with van der Waals surface area (Å²) in [7, 11) is 2.08. The van der Waals surface area contributed by atoms with E-state index in [4.69, 9.17) is 0 Å². The van der Waals surface area contributed by atoms with Gasteiger partial charge in [-0.15, -0.1) is 0 Å². The Kier molecular flexibility index (Phi) is 10.7. The van der Waals surface area contributed by atoms with Crippen LogP contribution in [0.5, 0.6) is 0 Å². The number of rotatable bonds is 13. The van der Waals surface area contributed by atoms with E-state index >= 15 is 0 Å². The zero-order chi connectivity index (χ0) is 21.1. The Bertz CT molecular complexity index is 578. The molecule has 0 bridgehead atoms. The van der Waals surface area contributed by atoms with Crippen LogP contribution in [0.25, 0.3) is 0 Å². The normalized spacial score (nSPS) is 16.4. The highest BCUT2D eigenvalue weighted by atomic mass is 16.1. The molecule has 0 aliphatic carbocycles. The summed E-state index contributed by atoms with van der Waals surface area (Å²) >= 11 is 0. The van der Waals surface area contributed by atoms with Crippen LogP contribution >= 0.6 is 0 Å². The molecule has 0 spiro atoms. The quantitative estimate of drug-likeness (QED) is 0.436. The van der Waals surface area contributed by atoms with Crippen molar-refractivity contribution in [1.82, 2.24) is 9.80 Å². The summed E-state index contributed by atoms with van der Waals surface area (Å²) in [5.74, 6) is 0.261. The first-order chi connectivity index (χ1) is 14.0. The number of anilines is 1. The Labute approximate surface area is 179 Å². The minimum atomic E-state index is 0.261. The maximum atomic E-state index is 11.1. The Morgan fingerprint density at radius 2 is 1.69 bits per heavy atom. The summed E-state index contributed by atoms with van der Waals surface area (Å²) < 4.78 is 0. The van der Waals surface area contributed by atoms with Gasteiger partial charge in [0.05, 0.1) is 0 Å². The number of carbonyl (C=O) groups is 1. The van der Waals surface area contributed by atoms with Crippen LogP contribution in [0.1, 0.15) is 71.3 Å². The van der Waals surface area contributed by atoms with Crippen LogP contribution < -0.4 is 4.90 Å². The average Bonchev–Trinajstić information content (AvgIpc) is 2.72. The van der Waals surface area contributed by atoms with Crippen LogP contribution in [0.4, 0.5) is 5.69 Å². The summed E-state index contributed by atoms with van der Waals surface area (Å²) in [5.41, 5.74) is 2.65. The van der Waals surface area contributed by atoms with Crippen LogP contribution in [0.15, 0.2) is 24.3 Å². The topological polar surface area (TPSA) is 26.8 Å². The number of ketones is 1. The van der Waals surface area contributed by atoms with Crippen molar-refractivity contribution >= 4 is 11.5 Å². The van der Waals surface area contributed by atoms with Gasteiger partial charge in [0.1, 0.15) is 5.78 Å². The smallest absolute Gasteiger partial charge is 0.131 e. The van der Waals surface area contributed by atoms with E-state index in [-0.39, 0.29) is 5.78 Å². The standard InChI is InChI=1S/C25H43N3O/c1-5-6-7-8-9-10-22(2)27-17-19-28(20-18-27)25-13-11-24(12-14-25)21-26(4)16-15-23(3)29/h11-14,22H,5-10,15-21H2,1-4H3. The maximum absolute atomic E-state index is 11.1. The highest BCUT2D eigenvalue weighted by Crippen LogP contribution is 2.20. The molecule has 0 N–H and O–H groups in total. The number of hydrogen-bond donors (Lipinski definition) is 0. The van der Waals surface area contributed by atoms with E-state index in [0.717, 1.165) is 26.2 Å². The van der Waals surface area contributed by atoms with Gasteiger partial charge in [-0.25, -0.2) is 0 Å². The predicted molar refractivity (Wildman–Crippen MR) is 125 cm³/mol. The number of hydrogen-bond acceptors (Lipinski definition) is 4. The van der Waals surface area contributed by atoms with E-state index in [0.29, 0.717) is 12.5 Å². The van der Waals surface area contributed by atoms with Gasteiger partial charge in [-0.3, -0.25) is 9.69 Å². The van der Waals surface area contributed by atoms with Gasteiger partial charge in [-0.1, -0.05) is 51.2 Å². The molecule has 1 fully saturated rings. The molecule has 0 aromatic heterocycles. The number of unbranched alkanes of at least 4 members (excludes halogenated alkanes) is 4. The maximum Gasteiger partial charge on any atom is 0.131 e. The highest BCUT2D eigenvalue weighted by Gasteiger charge is 2.21. The molecule has 1 heterocycles. The largest absolute Gasteiger partial charge is 0.369 e. The van der Waals surface area contributed by atoms with Crippen LogP contribution in [-0.4, -0.2) is 61.4 Å². The Morgan fingerprint density at radius 3 is 2.31 bits per heavy atom. The molecule has 1 unspecified atom stereocenters. The second-order valence-electron chi connectivity index (χ2n) is 8.93. The first-order valence-corrected chi connectivity index (χ1v) is 11.8. The molecule has 0 saturated carbocycles. The lowest BCUT2D eigenvalue weighted by atomic mass is 10.1. The summed E-state index contributed by atoms with van der Waals surface area (Å²) in [5, 5.41) is 0. The zero-order valence-corrected chi connectivity index (χ0v) is 19.3. The number of benzene rings is 1. The van der Waals surface area contributed by atoms with Crippen LogP contribution in [0.2, 0.25) is 0 Å². The molecular formula is C25H43N3O. The minimum Gasteiger partial charge on any atom is -0.369 e. The zero-order valence-electron chi connectivity index (χ0n) is 19.3. The lowest BCUT2D eigenvalue weighted by molar-refractivity contribution is -0.117. The van der Waals surface area contributed by atoms with Gasteiger partial charge in [0.25, 0.3) is 0 Å². The lowest BCUT2D eigenvalue weighted by Crippen LogP contribution is -2.49. The first kappa shape index (κ1) is 23.9. The van der Waals surface area contributed by atoms with Crippen molar-refractivity contribution in [3.05, 3.63) is 29.8 Å². The van der Waals surface area contributed by atoms with E-state index in [1.807, 2.05) is 0 Å². The van der Waals surface area contributed by atoms with E-state index in [2.05, 4.69) is 59.9 Å². The van der Waals surface area contributed by atoms with Crippen molar-refractivity contribution in [3.8, 4) is 0 Å². The molecule has 164 valence electrons. The second kappa shape index (κ2) is 13.0. The SMILES string of the molecule is CCCCCCCC(C)N1CCN(c2ccc(CN(C)CCC(C)=O)cc2)CC1. The fraction of sp³-hybridized carbons (Fsp3) is 0.720. The van der Waals surface area contributed by atoms with Gasteiger partial charge in [0, 0.05) is 57.4 Å². The molecule has 1 aromatic carbocycles. The highest BCUT2D eigenvalue weighted by molar-refractivity contribution is 5.75. The van der Waals surface area contributed by atoms with E-state index in [9.17, 15) is 4.79 Å². The van der Waals surface area contributed by atoms with Gasteiger partial charge >= 0.3 is 0 Å². The third-order valence-electron chi connectivity index (χ3n) is 6.26. The summed E-state index contributed by atoms with van der Waals surface area (Å²) in [6, 6.07) is 9.73. The molecule has 0 radical (unpaired) electrons. The molecular weight excluding hydrogens is 358 g/mol. The van der Waals surface area contributed by atoms with Crippen molar-refractivity contribution in [1.29, 1.82) is 0 Å². The van der Waals surface area contributed by atoms with Gasteiger partial charge < -0.3 is 9.80 Å². The van der Waals surface area contributed by atoms with E-state index in [1.165, 1.54) is 62.9 Å². The minimum absolute atomic E-state index is 0.261. The van der Waals surface area contributed by atoms with Gasteiger partial charge in [-0.05, 0) is 45.0 Å².